The molecular formula is C14H17F2NO5S. The number of sulfonamides is 1. The van der Waals surface area contributed by atoms with E-state index in [0.29, 0.717) is 0 Å². The Hall–Kier alpha value is -1.74. The fourth-order valence-electron chi connectivity index (χ4n) is 2.38. The number of rotatable bonds is 7. The van der Waals surface area contributed by atoms with Crippen LogP contribution in [-0.2, 0) is 21.2 Å². The van der Waals surface area contributed by atoms with Crippen molar-refractivity contribution in [3.63, 3.8) is 0 Å². The predicted octanol–water partition coefficient (Wildman–Crippen LogP) is 1.50. The molecule has 1 aromatic rings. The highest BCUT2D eigenvalue weighted by atomic mass is 32.2. The van der Waals surface area contributed by atoms with Crippen molar-refractivity contribution in [1.29, 1.82) is 0 Å². The Bertz CT molecular complexity index is 720. The number of methoxy groups -OCH3 is 1. The van der Waals surface area contributed by atoms with Gasteiger partial charge in [0.1, 0.15) is 5.75 Å². The van der Waals surface area contributed by atoms with Gasteiger partial charge in [-0.25, -0.2) is 21.9 Å². The third-order valence-corrected chi connectivity index (χ3v) is 5.41. The molecule has 1 aromatic carbocycles. The van der Waals surface area contributed by atoms with Crippen LogP contribution in [0.1, 0.15) is 12.5 Å². The van der Waals surface area contributed by atoms with E-state index >= 15 is 0 Å². The maximum absolute atomic E-state index is 13.2. The Morgan fingerprint density at radius 2 is 2.04 bits per heavy atom. The molecule has 1 aliphatic carbocycles. The maximum Gasteiger partial charge on any atom is 0.307 e. The third-order valence-electron chi connectivity index (χ3n) is 3.99. The van der Waals surface area contributed by atoms with Crippen molar-refractivity contribution in [2.24, 2.45) is 11.8 Å². The van der Waals surface area contributed by atoms with E-state index in [0.717, 1.165) is 0 Å². The average Bonchev–Trinajstić information content (AvgIpc) is 2.93. The zero-order chi connectivity index (χ0) is 17.4. The van der Waals surface area contributed by atoms with Gasteiger partial charge in [0.05, 0.1) is 18.4 Å². The van der Waals surface area contributed by atoms with Crippen molar-refractivity contribution in [3.05, 3.63) is 23.8 Å². The van der Waals surface area contributed by atoms with E-state index in [4.69, 9.17) is 9.84 Å². The molecule has 0 heterocycles. The molecule has 1 aliphatic rings. The maximum atomic E-state index is 13.2. The zero-order valence-corrected chi connectivity index (χ0v) is 13.4. The first-order chi connectivity index (χ1) is 10.6. The SMILES string of the molecule is COc1ccc(S(=O)(=O)NC[C@@H]2[C@@H](C)C2(F)F)cc1CC(=O)O. The van der Waals surface area contributed by atoms with Crippen LogP contribution in [-0.4, -0.2) is 39.1 Å². The van der Waals surface area contributed by atoms with E-state index in [-0.39, 0.29) is 22.8 Å². The molecule has 0 radical (unpaired) electrons. The molecule has 0 aromatic heterocycles. The highest BCUT2D eigenvalue weighted by Gasteiger charge is 2.65. The summed E-state index contributed by atoms with van der Waals surface area (Å²) in [4.78, 5) is 10.6. The van der Waals surface area contributed by atoms with Gasteiger partial charge in [0.15, 0.2) is 0 Å². The lowest BCUT2D eigenvalue weighted by Gasteiger charge is -2.11. The summed E-state index contributed by atoms with van der Waals surface area (Å²) in [6.07, 6.45) is -0.412. The number of carboxylic acids is 1. The number of carboxylic acid groups (broad SMARTS) is 1. The largest absolute Gasteiger partial charge is 0.496 e. The Labute approximate surface area is 132 Å². The lowest BCUT2D eigenvalue weighted by atomic mass is 10.1. The smallest absolute Gasteiger partial charge is 0.307 e. The minimum atomic E-state index is -4.00. The van der Waals surface area contributed by atoms with Crippen molar-refractivity contribution in [1.82, 2.24) is 4.72 Å². The van der Waals surface area contributed by atoms with Crippen molar-refractivity contribution in [2.45, 2.75) is 24.2 Å². The molecule has 128 valence electrons. The number of nitrogens with one attached hydrogen (secondary N) is 1. The first-order valence-electron chi connectivity index (χ1n) is 6.85. The lowest BCUT2D eigenvalue weighted by Crippen LogP contribution is -2.27. The van der Waals surface area contributed by atoms with Crippen LogP contribution in [0.15, 0.2) is 23.1 Å². The Morgan fingerprint density at radius 3 is 2.52 bits per heavy atom. The van der Waals surface area contributed by atoms with E-state index in [1.807, 2.05) is 0 Å². The van der Waals surface area contributed by atoms with Crippen LogP contribution in [0.2, 0.25) is 0 Å². The van der Waals surface area contributed by atoms with Crippen LogP contribution in [0.5, 0.6) is 5.75 Å². The number of benzene rings is 1. The average molecular weight is 349 g/mol. The third kappa shape index (κ3) is 3.61. The van der Waals surface area contributed by atoms with Crippen molar-refractivity contribution in [3.8, 4) is 5.75 Å². The second-order valence-corrected chi connectivity index (χ2v) is 7.23. The van der Waals surface area contributed by atoms with Gasteiger partial charge in [0.2, 0.25) is 10.0 Å². The van der Waals surface area contributed by atoms with E-state index in [9.17, 15) is 22.0 Å². The quantitative estimate of drug-likeness (QED) is 0.778. The summed E-state index contributed by atoms with van der Waals surface area (Å²) in [5, 5.41) is 8.85. The summed E-state index contributed by atoms with van der Waals surface area (Å²) in [6.45, 7) is 0.994. The van der Waals surface area contributed by atoms with E-state index in [2.05, 4.69) is 4.72 Å². The molecule has 0 bridgehead atoms. The molecule has 1 fully saturated rings. The van der Waals surface area contributed by atoms with Crippen molar-refractivity contribution < 1.29 is 31.8 Å². The molecule has 0 spiro atoms. The second-order valence-electron chi connectivity index (χ2n) is 5.47. The summed E-state index contributed by atoms with van der Waals surface area (Å²) in [6, 6.07) is 3.74. The van der Waals surface area contributed by atoms with Gasteiger partial charge in [-0.15, -0.1) is 0 Å². The number of halogens is 2. The van der Waals surface area contributed by atoms with Crippen LogP contribution >= 0.6 is 0 Å². The number of hydrogen-bond acceptors (Lipinski definition) is 4. The van der Waals surface area contributed by atoms with Crippen LogP contribution < -0.4 is 9.46 Å². The van der Waals surface area contributed by atoms with Gasteiger partial charge < -0.3 is 9.84 Å². The fourth-order valence-corrected chi connectivity index (χ4v) is 3.49. The molecule has 9 heteroatoms. The minimum absolute atomic E-state index is 0.188. The molecule has 0 aliphatic heterocycles. The second kappa shape index (κ2) is 6.04. The molecule has 6 nitrogen and oxygen atoms in total. The molecule has 2 atom stereocenters. The van der Waals surface area contributed by atoms with Crippen LogP contribution in [0.3, 0.4) is 0 Å². The van der Waals surface area contributed by atoms with Gasteiger partial charge >= 0.3 is 5.97 Å². The number of ether oxygens (including phenoxy) is 1. The van der Waals surface area contributed by atoms with Crippen molar-refractivity contribution in [2.75, 3.05) is 13.7 Å². The Morgan fingerprint density at radius 1 is 1.43 bits per heavy atom. The number of hydrogen-bond donors (Lipinski definition) is 2. The zero-order valence-electron chi connectivity index (χ0n) is 12.5. The Kier molecular flexibility index (Phi) is 4.63. The van der Waals surface area contributed by atoms with Gasteiger partial charge in [-0.05, 0) is 18.2 Å². The molecule has 2 N–H and O–H groups in total. The molecule has 2 rings (SSSR count). The van der Waals surface area contributed by atoms with Crippen molar-refractivity contribution >= 4 is 16.0 Å². The predicted molar refractivity (Wildman–Crippen MR) is 77.1 cm³/mol. The van der Waals surface area contributed by atoms with E-state index in [1.54, 1.807) is 0 Å². The highest BCUT2D eigenvalue weighted by Crippen LogP contribution is 2.54. The van der Waals surface area contributed by atoms with Gasteiger partial charge in [-0.1, -0.05) is 6.92 Å². The fraction of sp³-hybridized carbons (Fsp3) is 0.500. The summed E-state index contributed by atoms with van der Waals surface area (Å²) < 4.78 is 57.8. The molecular weight excluding hydrogens is 332 g/mol. The monoisotopic (exact) mass is 349 g/mol. The lowest BCUT2D eigenvalue weighted by molar-refractivity contribution is -0.136. The first kappa shape index (κ1) is 17.6. The van der Waals surface area contributed by atoms with E-state index < -0.39 is 40.2 Å². The van der Waals surface area contributed by atoms with Gasteiger partial charge in [-0.3, -0.25) is 4.79 Å². The Balaban J connectivity index is 2.17. The van der Waals surface area contributed by atoms with Gasteiger partial charge in [0.25, 0.3) is 5.92 Å². The topological polar surface area (TPSA) is 92.7 Å². The molecule has 1 saturated carbocycles. The van der Waals surface area contributed by atoms with Crippen LogP contribution in [0.4, 0.5) is 8.78 Å². The molecule has 0 saturated heterocycles. The highest BCUT2D eigenvalue weighted by molar-refractivity contribution is 7.89. The van der Waals surface area contributed by atoms with Gasteiger partial charge in [0, 0.05) is 23.9 Å². The number of aliphatic carboxylic acids is 1. The van der Waals surface area contributed by atoms with Crippen LogP contribution in [0.25, 0.3) is 0 Å². The summed E-state index contributed by atoms with van der Waals surface area (Å²) in [5.41, 5.74) is 0.188. The van der Waals surface area contributed by atoms with Gasteiger partial charge in [-0.2, -0.15) is 0 Å². The van der Waals surface area contributed by atoms with E-state index in [1.165, 1.54) is 32.2 Å². The number of alkyl halides is 2. The first-order valence-corrected chi connectivity index (χ1v) is 8.34. The normalized spacial score (nSPS) is 22.6. The molecule has 23 heavy (non-hydrogen) atoms. The molecule has 0 unspecified atom stereocenters. The minimum Gasteiger partial charge on any atom is -0.496 e. The van der Waals surface area contributed by atoms with Crippen LogP contribution in [0, 0.1) is 11.8 Å². The standard InChI is InChI=1S/C14H17F2NO5S/c1-8-11(14(8,15)16)7-17-23(20,21)10-3-4-12(22-2)9(5-10)6-13(18)19/h3-5,8,11,17H,6-7H2,1-2H3,(H,18,19)/t8-,11-/m1/s1. The number of carbonyl (C=O) groups is 1. The summed E-state index contributed by atoms with van der Waals surface area (Å²) >= 11 is 0. The summed E-state index contributed by atoms with van der Waals surface area (Å²) in [7, 11) is -2.67. The summed E-state index contributed by atoms with van der Waals surface area (Å²) in [5.74, 6) is -5.62. The molecule has 0 amide bonds.